The van der Waals surface area contributed by atoms with E-state index in [0.29, 0.717) is 6.61 Å². The smallest absolute Gasteiger partial charge is 0.287 e. The molecule has 0 radical (unpaired) electrons. The van der Waals surface area contributed by atoms with Crippen LogP contribution in [0.2, 0.25) is 0 Å². The summed E-state index contributed by atoms with van der Waals surface area (Å²) >= 11 is 5.30. The van der Waals surface area contributed by atoms with Crippen molar-refractivity contribution in [2.24, 2.45) is 0 Å². The highest BCUT2D eigenvalue weighted by Gasteiger charge is 2.08. The third-order valence-electron chi connectivity index (χ3n) is 0.820. The summed E-state index contributed by atoms with van der Waals surface area (Å²) in [5, 5.41) is 0. The molecule has 0 aromatic rings. The van der Waals surface area contributed by atoms with E-state index in [2.05, 4.69) is 0 Å². The van der Waals surface area contributed by atoms with E-state index in [1.54, 1.807) is 0 Å². The van der Waals surface area contributed by atoms with Crippen LogP contribution in [-0.2, 0) is 9.09 Å². The zero-order valence-electron chi connectivity index (χ0n) is 5.76. The minimum Gasteiger partial charge on any atom is -0.318 e. The molecule has 0 aliphatic rings. The zero-order valence-corrected chi connectivity index (χ0v) is 7.41. The molecule has 0 aliphatic carbocycles. The molecule has 0 bridgehead atoms. The lowest BCUT2D eigenvalue weighted by Crippen LogP contribution is -1.86. The van der Waals surface area contributed by atoms with Crippen molar-refractivity contribution in [3.05, 3.63) is 0 Å². The van der Waals surface area contributed by atoms with Crippen molar-refractivity contribution >= 4 is 18.0 Å². The van der Waals surface area contributed by atoms with Crippen LogP contribution in [0.15, 0.2) is 0 Å². The molecule has 0 saturated carbocycles. The lowest BCUT2D eigenvalue weighted by Gasteiger charge is -2.03. The number of halogens is 1. The normalized spacial score (nSPS) is 17.2. The molecular formula is C5H12ClO2P. The Labute approximate surface area is 60.8 Å². The molecule has 0 heterocycles. The first-order valence-electron chi connectivity index (χ1n) is 2.98. The first kappa shape index (κ1) is 9.48. The molecule has 0 spiro atoms. The number of hydrogen-bond acceptors (Lipinski definition) is 2. The van der Waals surface area contributed by atoms with Crippen LogP contribution in [0.5, 0.6) is 0 Å². The highest BCUT2D eigenvalue weighted by molar-refractivity contribution is 7.84. The lowest BCUT2D eigenvalue weighted by molar-refractivity contribution is 0.319. The van der Waals surface area contributed by atoms with Crippen LogP contribution in [0, 0.1) is 0 Å². The van der Waals surface area contributed by atoms with Gasteiger partial charge in [-0.05, 0) is 17.7 Å². The van der Waals surface area contributed by atoms with E-state index in [1.165, 1.54) is 6.66 Å². The molecule has 0 aromatic heterocycles. The molecule has 0 saturated heterocycles. The van der Waals surface area contributed by atoms with Gasteiger partial charge < -0.3 is 4.52 Å². The monoisotopic (exact) mass is 170 g/mol. The molecule has 0 aliphatic heterocycles. The first-order chi connectivity index (χ1) is 4.06. The lowest BCUT2D eigenvalue weighted by atomic mass is 10.4. The van der Waals surface area contributed by atoms with E-state index in [4.69, 9.17) is 15.8 Å². The molecule has 9 heavy (non-hydrogen) atoms. The molecule has 1 unspecified atom stereocenters. The summed E-state index contributed by atoms with van der Waals surface area (Å²) in [6.45, 7) is 1.23. The molecule has 0 rings (SSSR count). The summed E-state index contributed by atoms with van der Waals surface area (Å²) in [4.78, 5) is 0. The second-order valence-electron chi connectivity index (χ2n) is 1.93. The minimum atomic E-state index is -2.72. The van der Waals surface area contributed by atoms with Gasteiger partial charge in [0.15, 0.2) is 0 Å². The van der Waals surface area contributed by atoms with Crippen LogP contribution in [0.4, 0.5) is 0 Å². The Hall–Kier alpha value is 0.480. The molecule has 0 N–H and O–H groups in total. The van der Waals surface area contributed by atoms with Gasteiger partial charge in [0.05, 0.1) is 6.61 Å². The maximum atomic E-state index is 10.6. The van der Waals surface area contributed by atoms with Gasteiger partial charge in [-0.25, -0.2) is 0 Å². The Morgan fingerprint density at radius 2 is 2.22 bits per heavy atom. The molecule has 0 aromatic carbocycles. The van der Waals surface area contributed by atoms with Gasteiger partial charge in [0.25, 0.3) is 6.72 Å². The molecule has 0 amide bonds. The highest BCUT2D eigenvalue weighted by Crippen LogP contribution is 2.47. The highest BCUT2D eigenvalue weighted by atomic mass is 35.7. The summed E-state index contributed by atoms with van der Waals surface area (Å²) in [5.41, 5.74) is 0. The average Bonchev–Trinajstić information content (AvgIpc) is 1.63. The molecule has 1 atom stereocenters. The largest absolute Gasteiger partial charge is 0.318 e. The van der Waals surface area contributed by atoms with Crippen molar-refractivity contribution < 1.29 is 9.09 Å². The van der Waals surface area contributed by atoms with Gasteiger partial charge in [-0.15, -0.1) is 0 Å². The Morgan fingerprint density at radius 3 is 2.56 bits per heavy atom. The predicted octanol–water partition coefficient (Wildman–Crippen LogP) is 2.86. The summed E-state index contributed by atoms with van der Waals surface area (Å²) in [6, 6.07) is 0. The zero-order chi connectivity index (χ0) is 7.33. The van der Waals surface area contributed by atoms with Gasteiger partial charge in [0.1, 0.15) is 0 Å². The SMILES string of the molecule is CCCCOP(C)(=O)Cl. The maximum Gasteiger partial charge on any atom is 0.287 e. The van der Waals surface area contributed by atoms with Gasteiger partial charge in [0.2, 0.25) is 0 Å². The third kappa shape index (κ3) is 8.48. The summed E-state index contributed by atoms with van der Waals surface area (Å²) in [7, 11) is 0. The second-order valence-corrected chi connectivity index (χ2v) is 5.53. The van der Waals surface area contributed by atoms with Crippen molar-refractivity contribution in [2.75, 3.05) is 13.3 Å². The quantitative estimate of drug-likeness (QED) is 0.479. The van der Waals surface area contributed by atoms with Crippen molar-refractivity contribution in [1.82, 2.24) is 0 Å². The number of unbranched alkanes of at least 4 members (excludes halogenated alkanes) is 1. The van der Waals surface area contributed by atoms with E-state index in [9.17, 15) is 4.57 Å². The number of hydrogen-bond donors (Lipinski definition) is 0. The van der Waals surface area contributed by atoms with E-state index in [-0.39, 0.29) is 0 Å². The van der Waals surface area contributed by atoms with Crippen LogP contribution in [0.25, 0.3) is 0 Å². The standard InChI is InChI=1S/C5H12ClO2P/c1-3-4-5-8-9(2,6)7/h3-5H2,1-2H3. The van der Waals surface area contributed by atoms with Crippen molar-refractivity contribution in [1.29, 1.82) is 0 Å². The molecule has 56 valence electrons. The van der Waals surface area contributed by atoms with Crippen LogP contribution in [-0.4, -0.2) is 13.3 Å². The summed E-state index contributed by atoms with van der Waals surface area (Å²) in [6.07, 6.45) is 1.96. The number of rotatable bonds is 4. The van der Waals surface area contributed by atoms with Crippen LogP contribution in [0.3, 0.4) is 0 Å². The molecule has 2 nitrogen and oxygen atoms in total. The summed E-state index contributed by atoms with van der Waals surface area (Å²) < 4.78 is 15.4. The topological polar surface area (TPSA) is 26.3 Å². The van der Waals surface area contributed by atoms with E-state index in [1.807, 2.05) is 6.92 Å². The van der Waals surface area contributed by atoms with Gasteiger partial charge in [-0.3, -0.25) is 4.57 Å². The third-order valence-corrected chi connectivity index (χ3v) is 1.76. The average molecular weight is 171 g/mol. The van der Waals surface area contributed by atoms with Crippen molar-refractivity contribution in [3.63, 3.8) is 0 Å². The van der Waals surface area contributed by atoms with Gasteiger partial charge in [-0.2, -0.15) is 0 Å². The van der Waals surface area contributed by atoms with Crippen LogP contribution in [0.1, 0.15) is 19.8 Å². The Morgan fingerprint density at radius 1 is 1.67 bits per heavy atom. The molecule has 4 heteroatoms. The van der Waals surface area contributed by atoms with Crippen LogP contribution < -0.4 is 0 Å². The molecular weight excluding hydrogens is 158 g/mol. The second kappa shape index (κ2) is 4.32. The fourth-order valence-corrected chi connectivity index (χ4v) is 1.03. The van der Waals surface area contributed by atoms with Gasteiger partial charge in [-0.1, -0.05) is 13.3 Å². The van der Waals surface area contributed by atoms with E-state index < -0.39 is 6.72 Å². The first-order valence-corrected chi connectivity index (χ1v) is 5.95. The summed E-state index contributed by atoms with van der Waals surface area (Å²) in [5.74, 6) is 0. The van der Waals surface area contributed by atoms with E-state index >= 15 is 0 Å². The predicted molar refractivity (Wildman–Crippen MR) is 40.2 cm³/mol. The minimum absolute atomic E-state index is 0.508. The van der Waals surface area contributed by atoms with Crippen molar-refractivity contribution in [2.45, 2.75) is 19.8 Å². The Balaban J connectivity index is 3.18. The van der Waals surface area contributed by atoms with Crippen LogP contribution >= 0.6 is 18.0 Å². The fraction of sp³-hybridized carbons (Fsp3) is 1.00. The Bertz CT molecular complexity index is 110. The Kier molecular flexibility index (Phi) is 4.55. The maximum absolute atomic E-state index is 10.6. The van der Waals surface area contributed by atoms with Crippen molar-refractivity contribution in [3.8, 4) is 0 Å². The van der Waals surface area contributed by atoms with E-state index in [0.717, 1.165) is 12.8 Å². The fourth-order valence-electron chi connectivity index (χ4n) is 0.372. The van der Waals surface area contributed by atoms with Gasteiger partial charge >= 0.3 is 0 Å². The molecule has 0 fully saturated rings. The van der Waals surface area contributed by atoms with Gasteiger partial charge in [0, 0.05) is 6.66 Å².